The fourth-order valence-corrected chi connectivity index (χ4v) is 3.79. The molecular weight excluding hydrogens is 334 g/mol. The molecule has 1 aliphatic rings. The van der Waals surface area contributed by atoms with Crippen molar-refractivity contribution in [3.63, 3.8) is 0 Å². The largest absolute Gasteiger partial charge is 0.353 e. The number of carbonyl (C=O) groups is 1. The first-order valence-corrected chi connectivity index (χ1v) is 9.86. The summed E-state index contributed by atoms with van der Waals surface area (Å²) in [5.41, 5.74) is 1.08. The highest BCUT2D eigenvalue weighted by atomic mass is 32.1. The lowest BCUT2D eigenvalue weighted by Crippen LogP contribution is -2.47. The lowest BCUT2D eigenvalue weighted by Gasteiger charge is -2.30. The molecule has 1 aliphatic carbocycles. The number of carbonyl (C=O) groups excluding carboxylic acids is 1. The Morgan fingerprint density at radius 3 is 2.64 bits per heavy atom. The maximum Gasteiger partial charge on any atom is 0.243 e. The van der Waals surface area contributed by atoms with Crippen molar-refractivity contribution in [3.05, 3.63) is 15.6 Å². The van der Waals surface area contributed by atoms with Crippen LogP contribution in [0.3, 0.4) is 0 Å². The van der Waals surface area contributed by atoms with E-state index in [4.69, 9.17) is 0 Å². The van der Waals surface area contributed by atoms with E-state index in [-0.39, 0.29) is 12.5 Å². The lowest BCUT2D eigenvalue weighted by molar-refractivity contribution is -0.127. The van der Waals surface area contributed by atoms with Crippen LogP contribution < -0.4 is 10.6 Å². The molecule has 1 amide bonds. The number of guanidine groups is 1. The number of nitrogens with one attached hydrogen (secondary N) is 2. The molecule has 1 saturated carbocycles. The normalized spacial score (nSPS) is 21.1. The summed E-state index contributed by atoms with van der Waals surface area (Å²) in [7, 11) is 3.51. The van der Waals surface area contributed by atoms with Gasteiger partial charge in [0.25, 0.3) is 0 Å². The highest BCUT2D eigenvalue weighted by Crippen LogP contribution is 2.23. The molecule has 6 nitrogen and oxygen atoms in total. The van der Waals surface area contributed by atoms with Crippen molar-refractivity contribution >= 4 is 23.2 Å². The molecule has 1 aromatic rings. The number of hydrogen-bond acceptors (Lipinski definition) is 4. The molecule has 0 radical (unpaired) electrons. The minimum absolute atomic E-state index is 0.00118. The Morgan fingerprint density at radius 2 is 2.04 bits per heavy atom. The van der Waals surface area contributed by atoms with Gasteiger partial charge in [-0.3, -0.25) is 4.79 Å². The van der Waals surface area contributed by atoms with E-state index in [9.17, 15) is 4.79 Å². The summed E-state index contributed by atoms with van der Waals surface area (Å²) in [4.78, 5) is 23.8. The average molecular weight is 366 g/mol. The van der Waals surface area contributed by atoms with Crippen LogP contribution in [0.5, 0.6) is 0 Å². The first kappa shape index (κ1) is 19.7. The Labute approximate surface area is 155 Å². The summed E-state index contributed by atoms with van der Waals surface area (Å²) in [5.74, 6) is 1.33. The second kappa shape index (κ2) is 9.17. The van der Waals surface area contributed by atoms with Gasteiger partial charge in [-0.05, 0) is 32.6 Å². The highest BCUT2D eigenvalue weighted by molar-refractivity contribution is 7.11. The molecular formula is C18H31N5OS. The van der Waals surface area contributed by atoms with Gasteiger partial charge in [0.15, 0.2) is 5.96 Å². The predicted octanol–water partition coefficient (Wildman–Crippen LogP) is 2.46. The van der Waals surface area contributed by atoms with Crippen molar-refractivity contribution in [2.75, 3.05) is 20.6 Å². The van der Waals surface area contributed by atoms with Crippen LogP contribution in [0.15, 0.2) is 4.99 Å². The van der Waals surface area contributed by atoms with E-state index >= 15 is 0 Å². The summed E-state index contributed by atoms with van der Waals surface area (Å²) in [6, 6.07) is 0.411. The molecule has 140 valence electrons. The molecule has 2 atom stereocenters. The van der Waals surface area contributed by atoms with Crippen LogP contribution >= 0.6 is 11.3 Å². The molecule has 1 heterocycles. The number of nitrogens with zero attached hydrogens (tertiary/aromatic N) is 3. The van der Waals surface area contributed by atoms with Gasteiger partial charge >= 0.3 is 0 Å². The summed E-state index contributed by atoms with van der Waals surface area (Å²) < 4.78 is 0. The van der Waals surface area contributed by atoms with E-state index in [0.29, 0.717) is 24.5 Å². The summed E-state index contributed by atoms with van der Waals surface area (Å²) in [5, 5.41) is 7.93. The second-order valence-electron chi connectivity index (χ2n) is 7.07. The van der Waals surface area contributed by atoms with Crippen molar-refractivity contribution in [2.24, 2.45) is 10.9 Å². The fourth-order valence-electron chi connectivity index (χ4n) is 2.92. The van der Waals surface area contributed by atoms with Gasteiger partial charge in [-0.15, -0.1) is 11.3 Å². The van der Waals surface area contributed by atoms with Crippen LogP contribution in [0.1, 0.15) is 48.2 Å². The van der Waals surface area contributed by atoms with Crippen LogP contribution in [0.25, 0.3) is 0 Å². The SMILES string of the molecule is Cc1nc(CNC(=NCC(=O)N(C)C)NC2CCCCC2C)sc1C. The highest BCUT2D eigenvalue weighted by Gasteiger charge is 2.22. The Morgan fingerprint density at radius 1 is 1.32 bits per heavy atom. The van der Waals surface area contributed by atoms with E-state index < -0.39 is 0 Å². The van der Waals surface area contributed by atoms with Gasteiger partial charge in [0, 0.05) is 25.0 Å². The van der Waals surface area contributed by atoms with Crippen LogP contribution in [-0.4, -0.2) is 48.4 Å². The minimum Gasteiger partial charge on any atom is -0.353 e. The number of hydrogen-bond donors (Lipinski definition) is 2. The smallest absolute Gasteiger partial charge is 0.243 e. The van der Waals surface area contributed by atoms with Crippen molar-refractivity contribution in [1.29, 1.82) is 0 Å². The average Bonchev–Trinajstić information content (AvgIpc) is 2.89. The van der Waals surface area contributed by atoms with Gasteiger partial charge in [0.05, 0.1) is 12.2 Å². The predicted molar refractivity (Wildman–Crippen MR) is 104 cm³/mol. The number of aromatic nitrogens is 1. The number of likely N-dealkylation sites (N-methyl/N-ethyl adjacent to an activating group) is 1. The van der Waals surface area contributed by atoms with Gasteiger partial charge in [-0.1, -0.05) is 19.8 Å². The zero-order chi connectivity index (χ0) is 18.4. The number of rotatable bonds is 5. The van der Waals surface area contributed by atoms with Crippen LogP contribution in [0.2, 0.25) is 0 Å². The molecule has 25 heavy (non-hydrogen) atoms. The number of aliphatic imine (C=N–C) groups is 1. The lowest BCUT2D eigenvalue weighted by atomic mass is 9.86. The third kappa shape index (κ3) is 5.99. The molecule has 7 heteroatoms. The monoisotopic (exact) mass is 365 g/mol. The first-order valence-electron chi connectivity index (χ1n) is 9.04. The molecule has 0 aromatic carbocycles. The molecule has 2 rings (SSSR count). The maximum atomic E-state index is 11.9. The summed E-state index contributed by atoms with van der Waals surface area (Å²) in [6.45, 7) is 7.18. The molecule has 0 saturated heterocycles. The Hall–Kier alpha value is -1.63. The Kier molecular flexibility index (Phi) is 7.23. The molecule has 0 aliphatic heterocycles. The van der Waals surface area contributed by atoms with Crippen molar-refractivity contribution in [3.8, 4) is 0 Å². The number of amides is 1. The van der Waals surface area contributed by atoms with Gasteiger partial charge < -0.3 is 15.5 Å². The topological polar surface area (TPSA) is 69.6 Å². The molecule has 1 aromatic heterocycles. The fraction of sp³-hybridized carbons (Fsp3) is 0.722. The zero-order valence-corrected chi connectivity index (χ0v) is 16.9. The van der Waals surface area contributed by atoms with E-state index in [2.05, 4.69) is 34.5 Å². The van der Waals surface area contributed by atoms with Crippen LogP contribution in [-0.2, 0) is 11.3 Å². The maximum absolute atomic E-state index is 11.9. The first-order chi connectivity index (χ1) is 11.9. The standard InChI is InChI=1S/C18H31N5OS/c1-12-8-6-7-9-15(12)22-18(20-11-17(24)23(4)5)19-10-16-21-13(2)14(3)25-16/h12,15H,6-11H2,1-5H3,(H2,19,20,22). The van der Waals surface area contributed by atoms with Gasteiger partial charge in [-0.25, -0.2) is 9.98 Å². The quantitative estimate of drug-likeness (QED) is 0.621. The minimum atomic E-state index is -0.00118. The van der Waals surface area contributed by atoms with Gasteiger partial charge in [0.2, 0.25) is 5.91 Å². The Balaban J connectivity index is 2.02. The van der Waals surface area contributed by atoms with Crippen molar-refractivity contribution < 1.29 is 4.79 Å². The van der Waals surface area contributed by atoms with Crippen molar-refractivity contribution in [2.45, 2.75) is 59.0 Å². The third-order valence-electron chi connectivity index (χ3n) is 4.78. The van der Waals surface area contributed by atoms with Crippen molar-refractivity contribution in [1.82, 2.24) is 20.5 Å². The Bertz CT molecular complexity index is 591. The molecule has 1 fully saturated rings. The van der Waals surface area contributed by atoms with Gasteiger partial charge in [0.1, 0.15) is 11.6 Å². The molecule has 0 bridgehead atoms. The third-order valence-corrected chi connectivity index (χ3v) is 5.86. The zero-order valence-electron chi connectivity index (χ0n) is 16.1. The molecule has 0 spiro atoms. The number of aryl methyl sites for hydroxylation is 2. The summed E-state index contributed by atoms with van der Waals surface area (Å²) in [6.07, 6.45) is 4.94. The van der Waals surface area contributed by atoms with Gasteiger partial charge in [-0.2, -0.15) is 0 Å². The van der Waals surface area contributed by atoms with Crippen LogP contribution in [0.4, 0.5) is 0 Å². The molecule has 2 unspecified atom stereocenters. The van der Waals surface area contributed by atoms with E-state index in [1.165, 1.54) is 24.1 Å². The van der Waals surface area contributed by atoms with Crippen LogP contribution in [0, 0.1) is 19.8 Å². The second-order valence-corrected chi connectivity index (χ2v) is 8.36. The molecule has 2 N–H and O–H groups in total. The summed E-state index contributed by atoms with van der Waals surface area (Å²) >= 11 is 1.70. The van der Waals surface area contributed by atoms with E-state index in [1.54, 1.807) is 30.3 Å². The van der Waals surface area contributed by atoms with E-state index in [1.807, 2.05) is 6.92 Å². The van der Waals surface area contributed by atoms with E-state index in [0.717, 1.165) is 17.1 Å². The number of thiazole rings is 1.